The van der Waals surface area contributed by atoms with Crippen molar-refractivity contribution in [3.05, 3.63) is 30.3 Å². The van der Waals surface area contributed by atoms with E-state index in [-0.39, 0.29) is 18.2 Å². The van der Waals surface area contributed by atoms with Gasteiger partial charge in [0.1, 0.15) is 6.04 Å². The van der Waals surface area contributed by atoms with E-state index >= 15 is 0 Å². The van der Waals surface area contributed by atoms with Crippen LogP contribution in [-0.4, -0.2) is 79.6 Å². The normalized spacial score (nSPS) is 26.0. The van der Waals surface area contributed by atoms with Gasteiger partial charge in [-0.1, -0.05) is 24.6 Å². The number of para-hydroxylation sites is 1. The number of carbonyl (C=O) groups is 3. The highest BCUT2D eigenvalue weighted by Gasteiger charge is 2.41. The molecule has 0 unspecified atom stereocenters. The van der Waals surface area contributed by atoms with Crippen LogP contribution in [0.3, 0.4) is 0 Å². The summed E-state index contributed by atoms with van der Waals surface area (Å²) < 4.78 is 5.25. The highest BCUT2D eigenvalue weighted by atomic mass is 16.5. The Balaban J connectivity index is 1.42. The Bertz CT molecular complexity index is 815. The summed E-state index contributed by atoms with van der Waals surface area (Å²) in [6, 6.07) is 8.04. The summed E-state index contributed by atoms with van der Waals surface area (Å²) >= 11 is 0. The number of methoxy groups -OCH3 is 1. The van der Waals surface area contributed by atoms with E-state index in [9.17, 15) is 14.4 Å². The van der Waals surface area contributed by atoms with E-state index in [1.807, 2.05) is 11.0 Å². The van der Waals surface area contributed by atoms with Crippen molar-refractivity contribution in [2.45, 2.75) is 50.6 Å². The Kier molecular flexibility index (Phi) is 7.42. The number of rotatable bonds is 8. The molecular formula is C24H34N4O4. The molecule has 3 saturated heterocycles. The molecule has 4 amide bonds. The second-order valence-electron chi connectivity index (χ2n) is 9.05. The first-order chi connectivity index (χ1) is 15.6. The number of piperidine rings is 2. The lowest BCUT2D eigenvalue weighted by Gasteiger charge is -2.45. The van der Waals surface area contributed by atoms with Crippen LogP contribution in [0.25, 0.3) is 0 Å². The summed E-state index contributed by atoms with van der Waals surface area (Å²) in [4.78, 5) is 44.2. The Morgan fingerprint density at radius 2 is 1.91 bits per heavy atom. The Labute approximate surface area is 189 Å². The van der Waals surface area contributed by atoms with Crippen LogP contribution >= 0.6 is 0 Å². The number of imide groups is 1. The number of fused-ring (bicyclic) bond motifs is 1. The van der Waals surface area contributed by atoms with Gasteiger partial charge >= 0.3 is 6.03 Å². The third-order valence-electron chi connectivity index (χ3n) is 7.01. The highest BCUT2D eigenvalue weighted by molar-refractivity contribution is 6.22. The predicted octanol–water partition coefficient (Wildman–Crippen LogP) is 2.24. The van der Waals surface area contributed by atoms with E-state index in [4.69, 9.17) is 4.74 Å². The van der Waals surface area contributed by atoms with Crippen molar-refractivity contribution in [1.82, 2.24) is 15.1 Å². The molecule has 8 nitrogen and oxygen atoms in total. The largest absolute Gasteiger partial charge is 0.383 e. The summed E-state index contributed by atoms with van der Waals surface area (Å²) in [7, 11) is 1.63. The molecular weight excluding hydrogens is 408 g/mol. The van der Waals surface area contributed by atoms with Gasteiger partial charge in [-0.2, -0.15) is 0 Å². The lowest BCUT2D eigenvalue weighted by Crippen LogP contribution is -2.52. The molecule has 0 radical (unpaired) electrons. The number of nitrogens with one attached hydrogen (secondary N) is 1. The van der Waals surface area contributed by atoms with E-state index in [1.54, 1.807) is 31.4 Å². The minimum atomic E-state index is -0.835. The summed E-state index contributed by atoms with van der Waals surface area (Å²) in [5, 5.41) is 2.69. The Morgan fingerprint density at radius 3 is 2.69 bits per heavy atom. The fourth-order valence-electron chi connectivity index (χ4n) is 5.39. The number of urea groups is 1. The summed E-state index contributed by atoms with van der Waals surface area (Å²) in [6.07, 6.45) is 5.97. The average molecular weight is 443 g/mol. The quantitative estimate of drug-likeness (QED) is 0.625. The van der Waals surface area contributed by atoms with Crippen LogP contribution in [-0.2, 0) is 14.3 Å². The van der Waals surface area contributed by atoms with E-state index in [0.717, 1.165) is 30.8 Å². The van der Waals surface area contributed by atoms with Crippen molar-refractivity contribution >= 4 is 23.5 Å². The standard InChI is InChI=1S/C24H34N4O4/c1-32-15-14-27(17-18-8-7-13-26-12-6-5-11-21(18)26)22(29)16-20-23(30)28(24(31)25-20)19-9-3-2-4-10-19/h2-4,9-10,18,20-21H,5-8,11-17H2,1H3,(H,25,31)/t18-,20-,21-/m0/s1. The van der Waals surface area contributed by atoms with Crippen LogP contribution < -0.4 is 10.2 Å². The monoisotopic (exact) mass is 442 g/mol. The minimum Gasteiger partial charge on any atom is -0.383 e. The topological polar surface area (TPSA) is 82.2 Å². The van der Waals surface area contributed by atoms with Gasteiger partial charge in [0.2, 0.25) is 5.91 Å². The van der Waals surface area contributed by atoms with Crippen LogP contribution in [0.15, 0.2) is 30.3 Å². The smallest absolute Gasteiger partial charge is 0.329 e. The number of hydrogen-bond donors (Lipinski definition) is 1. The first kappa shape index (κ1) is 22.7. The second kappa shape index (κ2) is 10.4. The van der Waals surface area contributed by atoms with Crippen molar-refractivity contribution in [3.63, 3.8) is 0 Å². The van der Waals surface area contributed by atoms with E-state index < -0.39 is 12.1 Å². The number of anilines is 1. The zero-order valence-electron chi connectivity index (χ0n) is 18.9. The molecule has 0 aliphatic carbocycles. The average Bonchev–Trinajstić information content (AvgIpc) is 3.09. The van der Waals surface area contributed by atoms with Gasteiger partial charge in [-0.25, -0.2) is 9.69 Å². The number of hydrogen-bond acceptors (Lipinski definition) is 5. The molecule has 0 aromatic heterocycles. The van der Waals surface area contributed by atoms with Crippen LogP contribution in [0.5, 0.6) is 0 Å². The first-order valence-electron chi connectivity index (χ1n) is 11.8. The molecule has 1 aromatic carbocycles. The maximum absolute atomic E-state index is 13.3. The SMILES string of the molecule is COCCN(C[C@@H]1CCCN2CCCC[C@@H]12)C(=O)C[C@@H]1NC(=O)N(c2ccccc2)C1=O. The van der Waals surface area contributed by atoms with Gasteiger partial charge in [-0.15, -0.1) is 0 Å². The molecule has 4 rings (SSSR count). The fraction of sp³-hybridized carbons (Fsp3) is 0.625. The molecule has 3 aliphatic heterocycles. The maximum Gasteiger partial charge on any atom is 0.329 e. The molecule has 0 bridgehead atoms. The highest BCUT2D eigenvalue weighted by Crippen LogP contribution is 2.31. The molecule has 0 spiro atoms. The summed E-state index contributed by atoms with van der Waals surface area (Å²) in [5.41, 5.74) is 0.515. The van der Waals surface area contributed by atoms with Gasteiger partial charge in [-0.3, -0.25) is 9.59 Å². The van der Waals surface area contributed by atoms with E-state index in [1.165, 1.54) is 19.3 Å². The lowest BCUT2D eigenvalue weighted by atomic mass is 9.83. The first-order valence-corrected chi connectivity index (χ1v) is 11.8. The zero-order valence-corrected chi connectivity index (χ0v) is 18.9. The van der Waals surface area contributed by atoms with Gasteiger partial charge in [0.15, 0.2) is 0 Å². The van der Waals surface area contributed by atoms with Gasteiger partial charge in [0, 0.05) is 26.2 Å². The van der Waals surface area contributed by atoms with Crippen LogP contribution in [0, 0.1) is 5.92 Å². The van der Waals surface area contributed by atoms with Crippen molar-refractivity contribution in [3.8, 4) is 0 Å². The molecule has 3 heterocycles. The zero-order chi connectivity index (χ0) is 22.5. The molecule has 1 aromatic rings. The molecule has 32 heavy (non-hydrogen) atoms. The maximum atomic E-state index is 13.3. The van der Waals surface area contributed by atoms with Crippen LogP contribution in [0.2, 0.25) is 0 Å². The van der Waals surface area contributed by atoms with Gasteiger partial charge < -0.3 is 19.9 Å². The number of ether oxygens (including phenoxy) is 1. The van der Waals surface area contributed by atoms with Crippen LogP contribution in [0.1, 0.15) is 38.5 Å². The number of benzene rings is 1. The Hall–Kier alpha value is -2.45. The number of carbonyl (C=O) groups excluding carboxylic acids is 3. The molecule has 174 valence electrons. The van der Waals surface area contributed by atoms with Crippen molar-refractivity contribution < 1.29 is 19.1 Å². The molecule has 3 atom stereocenters. The summed E-state index contributed by atoms with van der Waals surface area (Å²) in [6.45, 7) is 3.95. The summed E-state index contributed by atoms with van der Waals surface area (Å²) in [5.74, 6) is -0.0412. The van der Waals surface area contributed by atoms with Crippen molar-refractivity contribution in [2.24, 2.45) is 5.92 Å². The minimum absolute atomic E-state index is 0.0290. The van der Waals surface area contributed by atoms with Gasteiger partial charge in [-0.05, 0) is 56.8 Å². The number of nitrogens with zero attached hydrogens (tertiary/aromatic N) is 3. The third-order valence-corrected chi connectivity index (χ3v) is 7.01. The molecule has 8 heteroatoms. The van der Waals surface area contributed by atoms with Crippen molar-refractivity contribution in [1.29, 1.82) is 0 Å². The second-order valence-corrected chi connectivity index (χ2v) is 9.05. The van der Waals surface area contributed by atoms with Crippen LogP contribution in [0.4, 0.5) is 10.5 Å². The van der Waals surface area contributed by atoms with E-state index in [2.05, 4.69) is 10.2 Å². The number of amides is 4. The molecule has 0 saturated carbocycles. The van der Waals surface area contributed by atoms with Gasteiger partial charge in [0.25, 0.3) is 5.91 Å². The van der Waals surface area contributed by atoms with E-state index in [0.29, 0.717) is 37.3 Å². The predicted molar refractivity (Wildman–Crippen MR) is 121 cm³/mol. The fourth-order valence-corrected chi connectivity index (χ4v) is 5.39. The third kappa shape index (κ3) is 4.96. The lowest BCUT2D eigenvalue weighted by molar-refractivity contribution is -0.135. The molecule has 3 aliphatic rings. The Morgan fingerprint density at radius 1 is 1.12 bits per heavy atom. The molecule has 3 fully saturated rings. The van der Waals surface area contributed by atoms with Gasteiger partial charge in [0.05, 0.1) is 18.7 Å². The van der Waals surface area contributed by atoms with Crippen molar-refractivity contribution in [2.75, 3.05) is 44.8 Å². The molecule has 1 N–H and O–H groups in total.